The number of terminal acetylenes is 1. The Morgan fingerprint density at radius 1 is 1.63 bits per heavy atom. The minimum atomic E-state index is -0.941. The Labute approximate surface area is 116 Å². The molecule has 0 aliphatic carbocycles. The molecule has 2 heterocycles. The monoisotopic (exact) mass is 273 g/mol. The first-order valence-corrected chi connectivity index (χ1v) is 6.90. The van der Waals surface area contributed by atoms with Crippen molar-refractivity contribution in [3.05, 3.63) is 35.2 Å². The SMILES string of the molecule is C#CC(O)c1csnc1-n1ccnc1/C=C/CCC. The fraction of sp³-hybridized carbons (Fsp3) is 0.286. The summed E-state index contributed by atoms with van der Waals surface area (Å²) in [5.41, 5.74) is 0.635. The minimum absolute atomic E-state index is 0.635. The Morgan fingerprint density at radius 2 is 2.47 bits per heavy atom. The number of hydrogen-bond donors (Lipinski definition) is 1. The summed E-state index contributed by atoms with van der Waals surface area (Å²) >= 11 is 1.27. The van der Waals surface area contributed by atoms with Gasteiger partial charge in [-0.1, -0.05) is 25.3 Å². The summed E-state index contributed by atoms with van der Waals surface area (Å²) in [4.78, 5) is 4.28. The van der Waals surface area contributed by atoms with E-state index in [4.69, 9.17) is 6.42 Å². The molecule has 0 amide bonds. The molecule has 0 saturated heterocycles. The first-order valence-electron chi connectivity index (χ1n) is 6.06. The van der Waals surface area contributed by atoms with E-state index in [0.29, 0.717) is 11.4 Å². The van der Waals surface area contributed by atoms with E-state index in [0.717, 1.165) is 18.7 Å². The first kappa shape index (κ1) is 13.5. The van der Waals surface area contributed by atoms with Crippen LogP contribution >= 0.6 is 11.5 Å². The molecule has 19 heavy (non-hydrogen) atoms. The molecule has 1 N–H and O–H groups in total. The highest BCUT2D eigenvalue weighted by Crippen LogP contribution is 2.23. The van der Waals surface area contributed by atoms with E-state index in [1.165, 1.54) is 11.5 Å². The van der Waals surface area contributed by atoms with Gasteiger partial charge in [0.05, 0.1) is 0 Å². The van der Waals surface area contributed by atoms with Crippen LogP contribution in [-0.4, -0.2) is 19.0 Å². The van der Waals surface area contributed by atoms with Gasteiger partial charge in [0, 0.05) is 23.3 Å². The smallest absolute Gasteiger partial charge is 0.158 e. The lowest BCUT2D eigenvalue weighted by Gasteiger charge is -2.06. The Hall–Kier alpha value is -1.90. The number of allylic oxidation sites excluding steroid dienone is 1. The summed E-state index contributed by atoms with van der Waals surface area (Å²) < 4.78 is 6.12. The molecule has 5 heteroatoms. The fourth-order valence-corrected chi connectivity index (χ4v) is 2.36. The number of imidazole rings is 1. The van der Waals surface area contributed by atoms with Gasteiger partial charge in [-0.2, -0.15) is 4.37 Å². The third-order valence-corrected chi connectivity index (χ3v) is 3.29. The van der Waals surface area contributed by atoms with Crippen LogP contribution < -0.4 is 0 Å². The van der Waals surface area contributed by atoms with Crippen LogP contribution in [0.4, 0.5) is 0 Å². The topological polar surface area (TPSA) is 50.9 Å². The first-order chi connectivity index (χ1) is 9.27. The highest BCUT2D eigenvalue weighted by molar-refractivity contribution is 7.03. The summed E-state index contributed by atoms with van der Waals surface area (Å²) in [5, 5.41) is 11.5. The van der Waals surface area contributed by atoms with Crippen molar-refractivity contribution in [2.45, 2.75) is 25.9 Å². The molecule has 1 unspecified atom stereocenters. The highest BCUT2D eigenvalue weighted by atomic mass is 32.1. The van der Waals surface area contributed by atoms with Gasteiger partial charge in [0.1, 0.15) is 11.9 Å². The summed E-state index contributed by atoms with van der Waals surface area (Å²) in [6.07, 6.45) is 14.0. The number of hydrogen-bond acceptors (Lipinski definition) is 4. The van der Waals surface area contributed by atoms with Crippen LogP contribution in [0.5, 0.6) is 0 Å². The minimum Gasteiger partial charge on any atom is -0.376 e. The molecule has 0 fully saturated rings. The normalized spacial score (nSPS) is 12.7. The van der Waals surface area contributed by atoms with Crippen molar-refractivity contribution in [3.63, 3.8) is 0 Å². The Balaban J connectivity index is 2.36. The predicted molar refractivity (Wildman–Crippen MR) is 77.0 cm³/mol. The van der Waals surface area contributed by atoms with E-state index in [1.54, 1.807) is 11.6 Å². The molecule has 0 spiro atoms. The number of nitrogens with zero attached hydrogens (tertiary/aromatic N) is 3. The van der Waals surface area contributed by atoms with Gasteiger partial charge in [0.25, 0.3) is 0 Å². The van der Waals surface area contributed by atoms with Crippen molar-refractivity contribution in [1.29, 1.82) is 0 Å². The van der Waals surface area contributed by atoms with Gasteiger partial charge in [-0.05, 0) is 24.0 Å². The van der Waals surface area contributed by atoms with Crippen molar-refractivity contribution in [2.75, 3.05) is 0 Å². The van der Waals surface area contributed by atoms with E-state index in [-0.39, 0.29) is 0 Å². The van der Waals surface area contributed by atoms with Gasteiger partial charge >= 0.3 is 0 Å². The second kappa shape index (κ2) is 6.32. The number of aliphatic hydroxyl groups excluding tert-OH is 1. The Bertz CT molecular complexity index is 606. The predicted octanol–water partition coefficient (Wildman–Crippen LogP) is 2.81. The van der Waals surface area contributed by atoms with Crippen LogP contribution in [0.1, 0.15) is 37.3 Å². The van der Waals surface area contributed by atoms with Crippen LogP contribution in [0.15, 0.2) is 23.8 Å². The van der Waals surface area contributed by atoms with E-state index in [9.17, 15) is 5.11 Å². The second-order valence-electron chi connectivity index (χ2n) is 4.01. The van der Waals surface area contributed by atoms with Crippen molar-refractivity contribution in [3.8, 4) is 18.2 Å². The molecule has 4 nitrogen and oxygen atoms in total. The van der Waals surface area contributed by atoms with Crippen molar-refractivity contribution in [1.82, 2.24) is 13.9 Å². The van der Waals surface area contributed by atoms with Gasteiger partial charge in [0.2, 0.25) is 0 Å². The zero-order chi connectivity index (χ0) is 13.7. The third kappa shape index (κ3) is 2.92. The van der Waals surface area contributed by atoms with Crippen molar-refractivity contribution < 1.29 is 5.11 Å². The van der Waals surface area contributed by atoms with Gasteiger partial charge in [-0.25, -0.2) is 4.98 Å². The number of unbranched alkanes of at least 4 members (excludes halogenated alkanes) is 1. The maximum atomic E-state index is 9.78. The molecule has 0 saturated carbocycles. The summed E-state index contributed by atoms with van der Waals surface area (Å²) in [6, 6.07) is 0. The maximum absolute atomic E-state index is 9.78. The molecule has 98 valence electrons. The van der Waals surface area contributed by atoms with Crippen LogP contribution in [0.25, 0.3) is 11.9 Å². The van der Waals surface area contributed by atoms with Gasteiger partial charge in [0.15, 0.2) is 5.82 Å². The number of rotatable bonds is 5. The van der Waals surface area contributed by atoms with Gasteiger partial charge < -0.3 is 5.11 Å². The molecule has 0 radical (unpaired) electrons. The van der Waals surface area contributed by atoms with E-state index >= 15 is 0 Å². The van der Waals surface area contributed by atoms with E-state index < -0.39 is 6.10 Å². The molecule has 0 aliphatic heterocycles. The third-order valence-electron chi connectivity index (χ3n) is 2.65. The van der Waals surface area contributed by atoms with Gasteiger partial charge in [-0.15, -0.1) is 6.42 Å². The van der Waals surface area contributed by atoms with Gasteiger partial charge in [-0.3, -0.25) is 4.57 Å². The lowest BCUT2D eigenvalue weighted by Crippen LogP contribution is -2.03. The lowest BCUT2D eigenvalue weighted by molar-refractivity contribution is 0.238. The quantitative estimate of drug-likeness (QED) is 0.852. The van der Waals surface area contributed by atoms with E-state index in [1.807, 2.05) is 16.8 Å². The lowest BCUT2D eigenvalue weighted by atomic mass is 10.2. The standard InChI is InChI=1S/C14H15N3OS/c1-3-5-6-7-13-15-8-9-17(13)14-11(10-19-16-14)12(18)4-2/h2,6-10,12,18H,3,5H2,1H3/b7-6+. The molecular weight excluding hydrogens is 258 g/mol. The van der Waals surface area contributed by atoms with Crippen LogP contribution in [-0.2, 0) is 0 Å². The molecule has 0 aromatic carbocycles. The van der Waals surface area contributed by atoms with Crippen LogP contribution in [0.2, 0.25) is 0 Å². The number of aromatic nitrogens is 3. The van der Waals surface area contributed by atoms with Crippen molar-refractivity contribution >= 4 is 17.6 Å². The zero-order valence-corrected chi connectivity index (χ0v) is 11.5. The molecule has 0 bridgehead atoms. The molecule has 1 atom stereocenters. The molecule has 2 aromatic heterocycles. The Morgan fingerprint density at radius 3 is 3.21 bits per heavy atom. The summed E-state index contributed by atoms with van der Waals surface area (Å²) in [6.45, 7) is 2.12. The number of aliphatic hydroxyl groups is 1. The van der Waals surface area contributed by atoms with E-state index in [2.05, 4.69) is 28.3 Å². The zero-order valence-electron chi connectivity index (χ0n) is 10.7. The fourth-order valence-electron chi connectivity index (χ4n) is 1.67. The van der Waals surface area contributed by atoms with Crippen molar-refractivity contribution in [2.24, 2.45) is 0 Å². The van der Waals surface area contributed by atoms with Crippen LogP contribution in [0, 0.1) is 12.3 Å². The molecule has 0 aliphatic rings. The summed E-state index contributed by atoms with van der Waals surface area (Å²) in [5.74, 6) is 3.74. The average molecular weight is 273 g/mol. The highest BCUT2D eigenvalue weighted by Gasteiger charge is 2.15. The molecular formula is C14H15N3OS. The Kier molecular flexibility index (Phi) is 4.50. The molecule has 2 aromatic rings. The second-order valence-corrected chi connectivity index (χ2v) is 4.64. The molecule has 2 rings (SSSR count). The average Bonchev–Trinajstić information content (AvgIpc) is 3.05. The van der Waals surface area contributed by atoms with Crippen LogP contribution in [0.3, 0.4) is 0 Å². The maximum Gasteiger partial charge on any atom is 0.158 e. The largest absolute Gasteiger partial charge is 0.376 e. The summed E-state index contributed by atoms with van der Waals surface area (Å²) in [7, 11) is 0.